The van der Waals surface area contributed by atoms with Crippen molar-refractivity contribution < 1.29 is 0 Å². The highest BCUT2D eigenvalue weighted by Crippen LogP contribution is 2.54. The van der Waals surface area contributed by atoms with Crippen LogP contribution in [0.15, 0.2) is 188 Å². The van der Waals surface area contributed by atoms with Crippen LogP contribution in [-0.4, -0.2) is 0 Å². The van der Waals surface area contributed by atoms with Crippen molar-refractivity contribution in [1.82, 2.24) is 0 Å². The summed E-state index contributed by atoms with van der Waals surface area (Å²) in [4.78, 5) is 2.47. The fourth-order valence-corrected chi connectivity index (χ4v) is 9.59. The Balaban J connectivity index is 1.14. The van der Waals surface area contributed by atoms with E-state index in [0.29, 0.717) is 0 Å². The molecule has 0 radical (unpaired) electrons. The molecule has 1 nitrogen and oxygen atoms in total. The number of fused-ring (bicyclic) bond motifs is 6. The zero-order valence-electron chi connectivity index (χ0n) is 31.8. The van der Waals surface area contributed by atoms with Gasteiger partial charge in [0.25, 0.3) is 0 Å². The maximum absolute atomic E-state index is 2.47. The highest BCUT2D eigenvalue weighted by atomic mass is 15.1. The van der Waals surface area contributed by atoms with E-state index < -0.39 is 0 Å². The summed E-state index contributed by atoms with van der Waals surface area (Å²) in [6, 6.07) is 69.4. The van der Waals surface area contributed by atoms with Crippen LogP contribution in [0.4, 0.5) is 17.1 Å². The summed E-state index contributed by atoms with van der Waals surface area (Å²) in [7, 11) is 0. The highest BCUT2D eigenvalue weighted by molar-refractivity contribution is 5.97. The number of anilines is 3. The third-order valence-corrected chi connectivity index (χ3v) is 12.3. The summed E-state index contributed by atoms with van der Waals surface area (Å²) < 4.78 is 0. The Morgan fingerprint density at radius 2 is 0.782 bits per heavy atom. The van der Waals surface area contributed by atoms with Crippen LogP contribution in [0, 0.1) is 0 Å². The Morgan fingerprint density at radius 1 is 0.309 bits per heavy atom. The van der Waals surface area contributed by atoms with E-state index in [9.17, 15) is 0 Å². The second kappa shape index (κ2) is 12.6. The van der Waals surface area contributed by atoms with Crippen molar-refractivity contribution in [2.24, 2.45) is 0 Å². The molecule has 8 aromatic rings. The topological polar surface area (TPSA) is 3.24 Å². The summed E-state index contributed by atoms with van der Waals surface area (Å²) in [5, 5.41) is 0. The van der Waals surface area contributed by atoms with Crippen molar-refractivity contribution in [3.05, 3.63) is 210 Å². The third kappa shape index (κ3) is 5.14. The summed E-state index contributed by atoms with van der Waals surface area (Å²) in [5.74, 6) is 0. The maximum Gasteiger partial charge on any atom is 0.0540 e. The summed E-state index contributed by atoms with van der Waals surface area (Å²) in [6.07, 6.45) is 0. The van der Waals surface area contributed by atoms with E-state index in [1.165, 1.54) is 77.9 Å². The van der Waals surface area contributed by atoms with Gasteiger partial charge in [-0.15, -0.1) is 0 Å². The minimum Gasteiger partial charge on any atom is -0.309 e. The van der Waals surface area contributed by atoms with Crippen molar-refractivity contribution in [2.45, 2.75) is 38.5 Å². The number of nitrogens with zero attached hydrogens (tertiary/aromatic N) is 1. The fraction of sp³-hybridized carbons (Fsp3) is 0.111. The molecule has 0 bridgehead atoms. The first kappa shape index (κ1) is 33.2. The van der Waals surface area contributed by atoms with Gasteiger partial charge < -0.3 is 4.90 Å². The van der Waals surface area contributed by atoms with Gasteiger partial charge in [0.1, 0.15) is 0 Å². The van der Waals surface area contributed by atoms with E-state index in [0.717, 1.165) is 17.1 Å². The normalized spacial score (nSPS) is 14.1. The second-order valence-corrected chi connectivity index (χ2v) is 16.1. The lowest BCUT2D eigenvalue weighted by Gasteiger charge is -2.31. The molecule has 55 heavy (non-hydrogen) atoms. The number of para-hydroxylation sites is 2. The largest absolute Gasteiger partial charge is 0.309 e. The molecule has 0 saturated carbocycles. The van der Waals surface area contributed by atoms with Gasteiger partial charge in [0.05, 0.1) is 11.4 Å². The van der Waals surface area contributed by atoms with E-state index in [4.69, 9.17) is 0 Å². The van der Waals surface area contributed by atoms with Gasteiger partial charge in [-0.2, -0.15) is 0 Å². The van der Waals surface area contributed by atoms with Gasteiger partial charge in [-0.3, -0.25) is 0 Å². The van der Waals surface area contributed by atoms with Crippen LogP contribution in [0.25, 0.3) is 55.6 Å². The van der Waals surface area contributed by atoms with E-state index >= 15 is 0 Å². The molecule has 1 heteroatoms. The van der Waals surface area contributed by atoms with Crippen LogP contribution in [0.2, 0.25) is 0 Å². The van der Waals surface area contributed by atoms with Gasteiger partial charge >= 0.3 is 0 Å². The van der Waals surface area contributed by atoms with Crippen molar-refractivity contribution in [3.8, 4) is 55.6 Å². The van der Waals surface area contributed by atoms with Gasteiger partial charge in [0, 0.05) is 27.6 Å². The molecule has 0 aliphatic heterocycles. The van der Waals surface area contributed by atoms with Crippen LogP contribution in [0.5, 0.6) is 0 Å². The van der Waals surface area contributed by atoms with Gasteiger partial charge in [0.2, 0.25) is 0 Å². The number of rotatable bonds is 6. The standard InChI is InChI=1S/C54H43N/c1-53(2)47-25-12-8-20-41(47)43-34-31-38(35-49(43)53)36-29-32-39(33-30-36)55(50-27-14-10-19-40(50)37-17-6-5-7-18-37)51-28-15-11-22-44(51)46-24-16-23-45-42-21-9-13-26-48(42)54(3,4)52(45)46/h5-35H,1-4H3. The number of hydrogen-bond donors (Lipinski definition) is 0. The molecule has 0 aromatic heterocycles. The third-order valence-electron chi connectivity index (χ3n) is 12.3. The lowest BCUT2D eigenvalue weighted by Crippen LogP contribution is -2.17. The Labute approximate surface area is 325 Å². The molecular weight excluding hydrogens is 663 g/mol. The van der Waals surface area contributed by atoms with E-state index in [2.05, 4.69) is 221 Å². The molecule has 0 heterocycles. The minimum atomic E-state index is -0.143. The van der Waals surface area contributed by atoms with Crippen LogP contribution in [0.1, 0.15) is 49.9 Å². The average molecular weight is 706 g/mol. The zero-order chi connectivity index (χ0) is 37.3. The highest BCUT2D eigenvalue weighted by Gasteiger charge is 2.38. The van der Waals surface area contributed by atoms with E-state index in [1.54, 1.807) is 0 Å². The van der Waals surface area contributed by atoms with Gasteiger partial charge in [-0.05, 0) is 97.1 Å². The first-order valence-corrected chi connectivity index (χ1v) is 19.4. The van der Waals surface area contributed by atoms with Crippen molar-refractivity contribution in [1.29, 1.82) is 0 Å². The molecule has 2 aliphatic carbocycles. The van der Waals surface area contributed by atoms with Gasteiger partial charge in [-0.25, -0.2) is 0 Å². The Bertz CT molecular complexity index is 2750. The van der Waals surface area contributed by atoms with Crippen molar-refractivity contribution >= 4 is 17.1 Å². The van der Waals surface area contributed by atoms with Crippen LogP contribution < -0.4 is 4.90 Å². The van der Waals surface area contributed by atoms with Crippen molar-refractivity contribution in [2.75, 3.05) is 4.90 Å². The predicted molar refractivity (Wildman–Crippen MR) is 233 cm³/mol. The van der Waals surface area contributed by atoms with Crippen LogP contribution in [-0.2, 0) is 10.8 Å². The molecule has 0 unspecified atom stereocenters. The molecule has 0 spiro atoms. The first-order chi connectivity index (χ1) is 26.8. The summed E-state index contributed by atoms with van der Waals surface area (Å²) in [6.45, 7) is 9.46. The molecule has 2 aliphatic rings. The summed E-state index contributed by atoms with van der Waals surface area (Å²) in [5.41, 5.74) is 21.5. The van der Waals surface area contributed by atoms with Gasteiger partial charge in [-0.1, -0.05) is 185 Å². The molecule has 264 valence electrons. The Morgan fingerprint density at radius 3 is 1.47 bits per heavy atom. The second-order valence-electron chi connectivity index (χ2n) is 16.1. The predicted octanol–water partition coefficient (Wildman–Crippen LogP) is 14.8. The maximum atomic E-state index is 2.47. The molecule has 0 fully saturated rings. The van der Waals surface area contributed by atoms with E-state index in [1.807, 2.05) is 0 Å². The lowest BCUT2D eigenvalue weighted by molar-refractivity contribution is 0.660. The Hall–Kier alpha value is -6.44. The van der Waals surface area contributed by atoms with Crippen molar-refractivity contribution in [3.63, 3.8) is 0 Å². The zero-order valence-corrected chi connectivity index (χ0v) is 31.8. The lowest BCUT2D eigenvalue weighted by atomic mass is 9.78. The molecule has 0 saturated heterocycles. The number of benzene rings is 8. The minimum absolute atomic E-state index is 0.0446. The monoisotopic (exact) mass is 705 g/mol. The number of hydrogen-bond acceptors (Lipinski definition) is 1. The molecule has 8 aromatic carbocycles. The average Bonchev–Trinajstić information content (AvgIpc) is 3.61. The smallest absolute Gasteiger partial charge is 0.0540 e. The van der Waals surface area contributed by atoms with Gasteiger partial charge in [0.15, 0.2) is 0 Å². The molecule has 10 rings (SSSR count). The molecule has 0 N–H and O–H groups in total. The Kier molecular flexibility index (Phi) is 7.58. The van der Waals surface area contributed by atoms with Crippen LogP contribution in [0.3, 0.4) is 0 Å². The SMILES string of the molecule is CC1(C)c2ccccc2-c2ccc(-c3ccc(N(c4ccccc4-c4ccccc4)c4ccccc4-c4cccc5c4C(C)(C)c4ccccc4-5)cc3)cc21. The molecular formula is C54H43N. The molecule has 0 atom stereocenters. The fourth-order valence-electron chi connectivity index (χ4n) is 9.59. The van der Waals surface area contributed by atoms with E-state index in [-0.39, 0.29) is 10.8 Å². The quantitative estimate of drug-likeness (QED) is 0.166. The summed E-state index contributed by atoms with van der Waals surface area (Å²) >= 11 is 0. The molecule has 0 amide bonds. The van der Waals surface area contributed by atoms with Crippen LogP contribution >= 0.6 is 0 Å². The first-order valence-electron chi connectivity index (χ1n) is 19.4.